The molecule has 0 saturated carbocycles. The fraction of sp³-hybridized carbons (Fsp3) is 0.640. The SMILES string of the molecule is CC1CCCCN1CCCCNC(=O)CCN1C(=O)c2ccccc2N2C(=O)CCC12C. The van der Waals surface area contributed by atoms with E-state index in [0.717, 1.165) is 19.4 Å². The second-order valence-electron chi connectivity index (χ2n) is 9.61. The van der Waals surface area contributed by atoms with Crippen molar-refractivity contribution < 1.29 is 14.4 Å². The number of anilines is 1. The van der Waals surface area contributed by atoms with Gasteiger partial charge in [0.05, 0.1) is 11.3 Å². The van der Waals surface area contributed by atoms with E-state index in [1.807, 2.05) is 25.1 Å². The van der Waals surface area contributed by atoms with E-state index < -0.39 is 5.66 Å². The molecule has 3 aliphatic heterocycles. The maximum absolute atomic E-state index is 13.2. The number of piperidine rings is 1. The Morgan fingerprint density at radius 3 is 2.78 bits per heavy atom. The van der Waals surface area contributed by atoms with Gasteiger partial charge in [-0.2, -0.15) is 0 Å². The van der Waals surface area contributed by atoms with Crippen molar-refractivity contribution in [3.05, 3.63) is 29.8 Å². The monoisotopic (exact) mass is 440 g/mol. The average molecular weight is 441 g/mol. The number of likely N-dealkylation sites (tertiary alicyclic amines) is 1. The van der Waals surface area contributed by atoms with E-state index in [0.29, 0.717) is 43.2 Å². The van der Waals surface area contributed by atoms with Crippen molar-refractivity contribution in [2.75, 3.05) is 31.1 Å². The standard InChI is InChI=1S/C25H36N4O3/c1-19-9-5-7-16-27(19)17-8-6-15-26-22(30)13-18-28-24(32)20-10-3-4-11-21(20)29-23(31)12-14-25(28,29)2/h3-4,10-11,19H,5-9,12-18H2,1-2H3,(H,26,30). The highest BCUT2D eigenvalue weighted by Crippen LogP contribution is 2.43. The molecule has 2 saturated heterocycles. The molecule has 7 nitrogen and oxygen atoms in total. The van der Waals surface area contributed by atoms with Crippen molar-refractivity contribution >= 4 is 23.4 Å². The zero-order valence-electron chi connectivity index (χ0n) is 19.4. The molecule has 2 atom stereocenters. The number of amides is 3. The molecule has 2 fully saturated rings. The number of unbranched alkanes of at least 4 members (excludes halogenated alkanes) is 1. The van der Waals surface area contributed by atoms with Gasteiger partial charge in [0.25, 0.3) is 5.91 Å². The van der Waals surface area contributed by atoms with Gasteiger partial charge in [-0.3, -0.25) is 19.3 Å². The summed E-state index contributed by atoms with van der Waals surface area (Å²) in [5.41, 5.74) is 0.521. The highest BCUT2D eigenvalue weighted by Gasteiger charge is 2.52. The number of carbonyl (C=O) groups excluding carboxylic acids is 3. The van der Waals surface area contributed by atoms with Gasteiger partial charge in [-0.05, 0) is 71.2 Å². The minimum atomic E-state index is -0.700. The van der Waals surface area contributed by atoms with Gasteiger partial charge in [0, 0.05) is 32.0 Å². The number of benzene rings is 1. The summed E-state index contributed by atoms with van der Waals surface area (Å²) < 4.78 is 0. The van der Waals surface area contributed by atoms with E-state index in [-0.39, 0.29) is 24.1 Å². The Labute approximate surface area is 191 Å². The molecule has 0 aromatic heterocycles. The molecule has 0 spiro atoms. The summed E-state index contributed by atoms with van der Waals surface area (Å²) in [6, 6.07) is 7.94. The van der Waals surface area contributed by atoms with Crippen molar-refractivity contribution in [3.8, 4) is 0 Å². The summed E-state index contributed by atoms with van der Waals surface area (Å²) in [6.07, 6.45) is 7.21. The van der Waals surface area contributed by atoms with Gasteiger partial charge >= 0.3 is 0 Å². The summed E-state index contributed by atoms with van der Waals surface area (Å²) in [6.45, 7) is 7.51. The average Bonchev–Trinajstić information content (AvgIpc) is 3.09. The molecule has 0 aliphatic carbocycles. The van der Waals surface area contributed by atoms with Gasteiger partial charge in [-0.25, -0.2) is 0 Å². The van der Waals surface area contributed by atoms with Crippen LogP contribution in [0.2, 0.25) is 0 Å². The molecule has 1 N–H and O–H groups in total. The minimum absolute atomic E-state index is 0.0323. The van der Waals surface area contributed by atoms with Crippen LogP contribution in [0.25, 0.3) is 0 Å². The minimum Gasteiger partial charge on any atom is -0.356 e. The second kappa shape index (κ2) is 9.61. The summed E-state index contributed by atoms with van der Waals surface area (Å²) in [5, 5.41) is 3.01. The molecule has 7 heteroatoms. The lowest BCUT2D eigenvalue weighted by Gasteiger charge is -2.48. The number of nitrogens with one attached hydrogen (secondary N) is 1. The lowest BCUT2D eigenvalue weighted by molar-refractivity contribution is -0.121. The Morgan fingerprint density at radius 2 is 1.97 bits per heavy atom. The number of rotatable bonds is 8. The molecule has 0 bridgehead atoms. The number of fused-ring (bicyclic) bond motifs is 3. The molecular formula is C25H36N4O3. The fourth-order valence-corrected chi connectivity index (χ4v) is 5.50. The molecule has 1 aromatic carbocycles. The van der Waals surface area contributed by atoms with Crippen LogP contribution >= 0.6 is 0 Å². The molecule has 4 rings (SSSR count). The highest BCUT2D eigenvalue weighted by atomic mass is 16.2. The number of carbonyl (C=O) groups is 3. The molecule has 3 amide bonds. The first-order chi connectivity index (χ1) is 15.4. The van der Waals surface area contributed by atoms with Gasteiger partial charge in [0.15, 0.2) is 0 Å². The van der Waals surface area contributed by atoms with E-state index in [1.165, 1.54) is 25.8 Å². The Morgan fingerprint density at radius 1 is 1.16 bits per heavy atom. The van der Waals surface area contributed by atoms with Crippen LogP contribution in [-0.2, 0) is 9.59 Å². The van der Waals surface area contributed by atoms with Crippen molar-refractivity contribution in [1.29, 1.82) is 0 Å². The Hall–Kier alpha value is -2.41. The molecular weight excluding hydrogens is 404 g/mol. The van der Waals surface area contributed by atoms with Crippen LogP contribution in [0.5, 0.6) is 0 Å². The number of nitrogens with zero attached hydrogens (tertiary/aromatic N) is 3. The normalized spacial score (nSPS) is 25.6. The van der Waals surface area contributed by atoms with Crippen LogP contribution in [-0.4, -0.2) is 65.4 Å². The predicted molar refractivity (Wildman–Crippen MR) is 124 cm³/mol. The van der Waals surface area contributed by atoms with Crippen molar-refractivity contribution in [3.63, 3.8) is 0 Å². The summed E-state index contributed by atoms with van der Waals surface area (Å²) in [5.74, 6) is -0.107. The van der Waals surface area contributed by atoms with E-state index in [4.69, 9.17) is 0 Å². The van der Waals surface area contributed by atoms with Crippen molar-refractivity contribution in [2.24, 2.45) is 0 Å². The van der Waals surface area contributed by atoms with E-state index in [2.05, 4.69) is 17.1 Å². The molecule has 2 unspecified atom stereocenters. The lowest BCUT2D eigenvalue weighted by atomic mass is 9.98. The summed E-state index contributed by atoms with van der Waals surface area (Å²) in [7, 11) is 0. The Balaban J connectivity index is 1.27. The molecule has 1 aromatic rings. The predicted octanol–water partition coefficient (Wildman–Crippen LogP) is 3.15. The third kappa shape index (κ3) is 4.40. The highest BCUT2D eigenvalue weighted by molar-refractivity contribution is 6.10. The summed E-state index contributed by atoms with van der Waals surface area (Å²) in [4.78, 5) is 44.3. The topological polar surface area (TPSA) is 73.0 Å². The molecule has 3 heterocycles. The third-order valence-corrected chi connectivity index (χ3v) is 7.44. The van der Waals surface area contributed by atoms with Gasteiger partial charge in [0.2, 0.25) is 11.8 Å². The molecule has 0 radical (unpaired) electrons. The quantitative estimate of drug-likeness (QED) is 0.631. The maximum Gasteiger partial charge on any atom is 0.257 e. The van der Waals surface area contributed by atoms with Crippen molar-refractivity contribution in [1.82, 2.24) is 15.1 Å². The lowest BCUT2D eigenvalue weighted by Crippen LogP contribution is -2.62. The number of hydrogen-bond acceptors (Lipinski definition) is 4. The second-order valence-corrected chi connectivity index (χ2v) is 9.61. The number of para-hydroxylation sites is 1. The van der Waals surface area contributed by atoms with Crippen LogP contribution in [0.4, 0.5) is 5.69 Å². The van der Waals surface area contributed by atoms with E-state index >= 15 is 0 Å². The molecule has 174 valence electrons. The third-order valence-electron chi connectivity index (χ3n) is 7.44. The summed E-state index contributed by atoms with van der Waals surface area (Å²) >= 11 is 0. The first-order valence-electron chi connectivity index (χ1n) is 12.2. The van der Waals surface area contributed by atoms with Gasteiger partial charge in [-0.1, -0.05) is 18.6 Å². The zero-order valence-corrected chi connectivity index (χ0v) is 19.4. The first-order valence-corrected chi connectivity index (χ1v) is 12.2. The van der Waals surface area contributed by atoms with Crippen LogP contribution in [0, 0.1) is 0 Å². The van der Waals surface area contributed by atoms with Crippen LogP contribution in [0.15, 0.2) is 24.3 Å². The van der Waals surface area contributed by atoms with Gasteiger partial charge in [0.1, 0.15) is 5.66 Å². The van der Waals surface area contributed by atoms with Crippen LogP contribution in [0.3, 0.4) is 0 Å². The molecule has 32 heavy (non-hydrogen) atoms. The fourth-order valence-electron chi connectivity index (χ4n) is 5.50. The number of hydrogen-bond donors (Lipinski definition) is 1. The van der Waals surface area contributed by atoms with Crippen LogP contribution < -0.4 is 10.2 Å². The smallest absolute Gasteiger partial charge is 0.257 e. The largest absolute Gasteiger partial charge is 0.356 e. The maximum atomic E-state index is 13.2. The van der Waals surface area contributed by atoms with Crippen molar-refractivity contribution in [2.45, 2.75) is 76.9 Å². The Bertz CT molecular complexity index is 872. The van der Waals surface area contributed by atoms with E-state index in [9.17, 15) is 14.4 Å². The van der Waals surface area contributed by atoms with E-state index in [1.54, 1.807) is 15.9 Å². The van der Waals surface area contributed by atoms with Gasteiger partial charge in [-0.15, -0.1) is 0 Å². The van der Waals surface area contributed by atoms with Gasteiger partial charge < -0.3 is 15.1 Å². The molecule has 3 aliphatic rings. The zero-order chi connectivity index (χ0) is 22.7. The first kappa shape index (κ1) is 22.8. The Kier molecular flexibility index (Phi) is 6.84. The van der Waals surface area contributed by atoms with Crippen LogP contribution in [0.1, 0.15) is 75.6 Å².